The first-order chi connectivity index (χ1) is 10.2. The van der Waals surface area contributed by atoms with Gasteiger partial charge in [0, 0.05) is 35.5 Å². The van der Waals surface area contributed by atoms with Crippen molar-refractivity contribution in [3.8, 4) is 0 Å². The summed E-state index contributed by atoms with van der Waals surface area (Å²) in [4.78, 5) is 14.5. The molecule has 0 spiro atoms. The van der Waals surface area contributed by atoms with Crippen LogP contribution in [0.4, 0.5) is 0 Å². The Morgan fingerprint density at radius 1 is 1.38 bits per heavy atom. The van der Waals surface area contributed by atoms with E-state index in [0.717, 1.165) is 28.6 Å². The summed E-state index contributed by atoms with van der Waals surface area (Å²) in [6, 6.07) is 9.72. The molecule has 1 saturated heterocycles. The lowest BCUT2D eigenvalue weighted by molar-refractivity contribution is -0.134. The zero-order valence-corrected chi connectivity index (χ0v) is 13.1. The molecule has 110 valence electrons. The molecule has 2 aromatic rings. The number of benzene rings is 1. The van der Waals surface area contributed by atoms with Crippen molar-refractivity contribution < 1.29 is 4.79 Å². The summed E-state index contributed by atoms with van der Waals surface area (Å²) in [5.74, 6) is 2.01. The zero-order chi connectivity index (χ0) is 14.7. The highest BCUT2D eigenvalue weighted by Crippen LogP contribution is 2.30. The van der Waals surface area contributed by atoms with Crippen LogP contribution in [-0.4, -0.2) is 38.6 Å². The van der Waals surface area contributed by atoms with E-state index in [9.17, 15) is 4.79 Å². The van der Waals surface area contributed by atoms with E-state index >= 15 is 0 Å². The van der Waals surface area contributed by atoms with E-state index in [1.165, 1.54) is 0 Å². The summed E-state index contributed by atoms with van der Waals surface area (Å²) in [6.07, 6.45) is 3.50. The fourth-order valence-electron chi connectivity index (χ4n) is 2.49. The van der Waals surface area contributed by atoms with Gasteiger partial charge in [-0.05, 0) is 23.8 Å². The highest BCUT2D eigenvalue weighted by Gasteiger charge is 2.28. The summed E-state index contributed by atoms with van der Waals surface area (Å²) in [5, 5.41) is 4.83. The molecule has 0 radical (unpaired) electrons. The summed E-state index contributed by atoms with van der Waals surface area (Å²) in [5.41, 5.74) is 1.14. The van der Waals surface area contributed by atoms with Gasteiger partial charge in [-0.1, -0.05) is 23.7 Å². The van der Waals surface area contributed by atoms with Crippen molar-refractivity contribution in [1.82, 2.24) is 14.7 Å². The second-order valence-corrected chi connectivity index (χ2v) is 6.52. The van der Waals surface area contributed by atoms with E-state index in [4.69, 9.17) is 11.6 Å². The predicted molar refractivity (Wildman–Crippen MR) is 85.5 cm³/mol. The first-order valence-corrected chi connectivity index (χ1v) is 8.37. The maximum absolute atomic E-state index is 12.5. The van der Waals surface area contributed by atoms with Gasteiger partial charge in [0.2, 0.25) is 5.91 Å². The summed E-state index contributed by atoms with van der Waals surface area (Å²) >= 11 is 7.83. The van der Waals surface area contributed by atoms with Crippen LogP contribution in [0.3, 0.4) is 0 Å². The molecule has 6 heteroatoms. The molecule has 1 fully saturated rings. The Labute approximate surface area is 133 Å². The second-order valence-electron chi connectivity index (χ2n) is 4.93. The number of hydrogen-bond acceptors (Lipinski definition) is 3. The standard InChI is InChI=1S/C15H16ClN3OS/c16-13-4-2-12(3-5-13)14-11-21-9-8-19(14)15(20)10-18-7-1-6-17-18/h1-7,14H,8-11H2. The van der Waals surface area contributed by atoms with Gasteiger partial charge in [0.15, 0.2) is 0 Å². The molecule has 0 saturated carbocycles. The minimum absolute atomic E-state index is 0.110. The van der Waals surface area contributed by atoms with E-state index in [1.807, 2.05) is 53.2 Å². The Hall–Kier alpha value is -1.46. The Morgan fingerprint density at radius 3 is 2.90 bits per heavy atom. The maximum Gasteiger partial charge on any atom is 0.244 e. The van der Waals surface area contributed by atoms with Crippen LogP contribution in [0.2, 0.25) is 5.02 Å². The van der Waals surface area contributed by atoms with E-state index < -0.39 is 0 Å². The smallest absolute Gasteiger partial charge is 0.244 e. The topological polar surface area (TPSA) is 38.1 Å². The van der Waals surface area contributed by atoms with E-state index in [-0.39, 0.29) is 11.9 Å². The molecule has 0 bridgehead atoms. The van der Waals surface area contributed by atoms with Crippen molar-refractivity contribution in [2.75, 3.05) is 18.1 Å². The predicted octanol–water partition coefficient (Wildman–Crippen LogP) is 2.85. The Balaban J connectivity index is 1.77. The third kappa shape index (κ3) is 3.41. The third-order valence-corrected chi connectivity index (χ3v) is 4.83. The van der Waals surface area contributed by atoms with Crippen molar-refractivity contribution in [1.29, 1.82) is 0 Å². The number of carbonyl (C=O) groups excluding carboxylic acids is 1. The van der Waals surface area contributed by atoms with Gasteiger partial charge in [-0.25, -0.2) is 0 Å². The van der Waals surface area contributed by atoms with Crippen LogP contribution >= 0.6 is 23.4 Å². The van der Waals surface area contributed by atoms with Crippen molar-refractivity contribution in [2.24, 2.45) is 0 Å². The number of nitrogens with zero attached hydrogens (tertiary/aromatic N) is 3. The van der Waals surface area contributed by atoms with Gasteiger partial charge in [-0.2, -0.15) is 16.9 Å². The number of amides is 1. The first kappa shape index (κ1) is 14.5. The molecule has 4 nitrogen and oxygen atoms in total. The van der Waals surface area contributed by atoms with Gasteiger partial charge in [0.05, 0.1) is 6.04 Å². The molecule has 1 aliphatic rings. The van der Waals surface area contributed by atoms with Gasteiger partial charge in [0.25, 0.3) is 0 Å². The summed E-state index contributed by atoms with van der Waals surface area (Å²) < 4.78 is 1.67. The lowest BCUT2D eigenvalue weighted by Crippen LogP contribution is -2.42. The molecule has 1 aliphatic heterocycles. The van der Waals surface area contributed by atoms with Gasteiger partial charge in [-0.15, -0.1) is 0 Å². The van der Waals surface area contributed by atoms with Crippen LogP contribution in [0.15, 0.2) is 42.7 Å². The summed E-state index contributed by atoms with van der Waals surface area (Å²) in [7, 11) is 0. The van der Waals surface area contributed by atoms with Gasteiger partial charge in [0.1, 0.15) is 6.54 Å². The molecule has 1 atom stereocenters. The largest absolute Gasteiger partial charge is 0.332 e. The molecule has 2 heterocycles. The van der Waals surface area contributed by atoms with Crippen molar-refractivity contribution in [2.45, 2.75) is 12.6 Å². The highest BCUT2D eigenvalue weighted by molar-refractivity contribution is 7.99. The molecule has 1 aromatic carbocycles. The second kappa shape index (κ2) is 6.54. The van der Waals surface area contributed by atoms with Crippen molar-refractivity contribution in [3.05, 3.63) is 53.3 Å². The molecular formula is C15H16ClN3OS. The normalized spacial score (nSPS) is 18.7. The number of hydrogen-bond donors (Lipinski definition) is 0. The maximum atomic E-state index is 12.5. The lowest BCUT2D eigenvalue weighted by atomic mass is 10.1. The zero-order valence-electron chi connectivity index (χ0n) is 11.5. The van der Waals surface area contributed by atoms with Crippen LogP contribution in [0, 0.1) is 0 Å². The fraction of sp³-hybridized carbons (Fsp3) is 0.333. The molecule has 0 aliphatic carbocycles. The fourth-order valence-corrected chi connectivity index (χ4v) is 3.70. The van der Waals surface area contributed by atoms with Crippen LogP contribution < -0.4 is 0 Å². The van der Waals surface area contributed by atoms with Gasteiger partial charge in [-0.3, -0.25) is 9.48 Å². The Kier molecular flexibility index (Phi) is 4.51. The van der Waals surface area contributed by atoms with E-state index in [2.05, 4.69) is 5.10 Å². The van der Waals surface area contributed by atoms with Crippen molar-refractivity contribution >= 4 is 29.3 Å². The number of carbonyl (C=O) groups is 1. The minimum Gasteiger partial charge on any atom is -0.332 e. The third-order valence-electron chi connectivity index (χ3n) is 3.56. The van der Waals surface area contributed by atoms with Crippen molar-refractivity contribution in [3.63, 3.8) is 0 Å². The minimum atomic E-state index is 0.110. The quantitative estimate of drug-likeness (QED) is 0.872. The molecule has 21 heavy (non-hydrogen) atoms. The number of rotatable bonds is 3. The van der Waals surface area contributed by atoms with Crippen LogP contribution in [-0.2, 0) is 11.3 Å². The van der Waals surface area contributed by atoms with Crippen LogP contribution in [0.5, 0.6) is 0 Å². The molecule has 3 rings (SSSR count). The Bertz CT molecular complexity index is 600. The number of thioether (sulfide) groups is 1. The van der Waals surface area contributed by atoms with Gasteiger partial charge < -0.3 is 4.90 Å². The average Bonchev–Trinajstić information content (AvgIpc) is 3.01. The number of aromatic nitrogens is 2. The van der Waals surface area contributed by atoms with Gasteiger partial charge >= 0.3 is 0 Å². The van der Waals surface area contributed by atoms with Crippen LogP contribution in [0.25, 0.3) is 0 Å². The Morgan fingerprint density at radius 2 is 2.19 bits per heavy atom. The van der Waals surface area contributed by atoms with E-state index in [1.54, 1.807) is 10.9 Å². The average molecular weight is 322 g/mol. The molecule has 1 amide bonds. The van der Waals surface area contributed by atoms with E-state index in [0.29, 0.717) is 6.54 Å². The molecule has 0 N–H and O–H groups in total. The SMILES string of the molecule is O=C(Cn1cccn1)N1CCSCC1c1ccc(Cl)cc1. The number of halogens is 1. The first-order valence-electron chi connectivity index (χ1n) is 6.84. The van der Waals surface area contributed by atoms with Crippen LogP contribution in [0.1, 0.15) is 11.6 Å². The highest BCUT2D eigenvalue weighted by atomic mass is 35.5. The molecular weight excluding hydrogens is 306 g/mol. The lowest BCUT2D eigenvalue weighted by Gasteiger charge is -2.35. The monoisotopic (exact) mass is 321 g/mol. The summed E-state index contributed by atoms with van der Waals surface area (Å²) in [6.45, 7) is 1.07. The molecule has 1 unspecified atom stereocenters. The molecule has 1 aromatic heterocycles.